The fourth-order valence-electron chi connectivity index (χ4n) is 2.32. The van der Waals surface area contributed by atoms with Gasteiger partial charge in [0.15, 0.2) is 0 Å². The molecule has 7 heteroatoms. The Labute approximate surface area is 125 Å². The highest BCUT2D eigenvalue weighted by molar-refractivity contribution is 7.21. The topological polar surface area (TPSA) is 85.8 Å². The summed E-state index contributed by atoms with van der Waals surface area (Å²) in [5.41, 5.74) is 9.03. The van der Waals surface area contributed by atoms with Crippen molar-refractivity contribution in [1.29, 1.82) is 0 Å². The first-order valence-electron chi connectivity index (χ1n) is 6.42. The number of hydrogen-bond donors (Lipinski definition) is 2. The van der Waals surface area contributed by atoms with Crippen molar-refractivity contribution in [3.05, 3.63) is 34.7 Å². The smallest absolute Gasteiger partial charge is 0.267 e. The van der Waals surface area contributed by atoms with E-state index in [0.29, 0.717) is 16.3 Å². The number of nitrogens with one attached hydrogen (secondary N) is 1. The fourth-order valence-corrected chi connectivity index (χ4v) is 3.49. The predicted octanol–water partition coefficient (Wildman–Crippen LogP) is 2.48. The molecule has 3 aromatic rings. The summed E-state index contributed by atoms with van der Waals surface area (Å²) in [7, 11) is 1.79. The second-order valence-corrected chi connectivity index (χ2v) is 5.98. The van der Waals surface area contributed by atoms with Gasteiger partial charge in [-0.2, -0.15) is 5.10 Å². The van der Waals surface area contributed by atoms with Crippen molar-refractivity contribution in [3.63, 3.8) is 0 Å². The molecule has 3 N–H and O–H groups in total. The Kier molecular flexibility index (Phi) is 3.13. The summed E-state index contributed by atoms with van der Waals surface area (Å²) < 4.78 is 2.61. The molecule has 0 spiro atoms. The summed E-state index contributed by atoms with van der Waals surface area (Å²) in [6, 6.07) is 1.95. The number of fused-ring (bicyclic) bond motifs is 1. The first-order valence-corrected chi connectivity index (χ1v) is 7.23. The number of nitrogen functional groups attached to an aromatic ring is 1. The number of carbonyl (C=O) groups excluding carboxylic acids is 1. The second-order valence-electron chi connectivity index (χ2n) is 4.92. The van der Waals surface area contributed by atoms with Crippen LogP contribution >= 0.6 is 11.3 Å². The number of thiophene rings is 1. The monoisotopic (exact) mass is 301 g/mol. The van der Waals surface area contributed by atoms with Gasteiger partial charge in [0.2, 0.25) is 0 Å². The molecule has 0 fully saturated rings. The highest BCUT2D eigenvalue weighted by Crippen LogP contribution is 2.35. The molecule has 1 amide bonds. The van der Waals surface area contributed by atoms with E-state index in [1.807, 2.05) is 19.9 Å². The number of hydrogen-bond acceptors (Lipinski definition) is 5. The highest BCUT2D eigenvalue weighted by Gasteiger charge is 2.19. The molecule has 6 nitrogen and oxygen atoms in total. The quantitative estimate of drug-likeness (QED) is 0.761. The Morgan fingerprint density at radius 1 is 1.43 bits per heavy atom. The van der Waals surface area contributed by atoms with Crippen LogP contribution < -0.4 is 11.1 Å². The molecule has 108 valence electrons. The molecule has 0 aliphatic carbocycles. The first kappa shape index (κ1) is 13.6. The lowest BCUT2D eigenvalue weighted by molar-refractivity contribution is 0.103. The van der Waals surface area contributed by atoms with Crippen LogP contribution in [0.25, 0.3) is 10.1 Å². The molecule has 0 saturated heterocycles. The van der Waals surface area contributed by atoms with Crippen molar-refractivity contribution < 1.29 is 4.79 Å². The minimum absolute atomic E-state index is 0.223. The molecule has 0 unspecified atom stereocenters. The van der Waals surface area contributed by atoms with Crippen molar-refractivity contribution in [2.24, 2.45) is 7.05 Å². The summed E-state index contributed by atoms with van der Waals surface area (Å²) in [6.45, 7) is 3.83. The number of anilines is 2. The highest BCUT2D eigenvalue weighted by atomic mass is 32.1. The van der Waals surface area contributed by atoms with Gasteiger partial charge in [0.1, 0.15) is 4.88 Å². The molecule has 3 rings (SSSR count). The van der Waals surface area contributed by atoms with Gasteiger partial charge in [-0.25, -0.2) is 0 Å². The van der Waals surface area contributed by atoms with E-state index < -0.39 is 0 Å². The number of nitrogens with two attached hydrogens (primary N) is 1. The molecule has 0 radical (unpaired) electrons. The molecule has 21 heavy (non-hydrogen) atoms. The number of carbonyl (C=O) groups is 1. The molecule has 0 aliphatic rings. The minimum atomic E-state index is -0.223. The van der Waals surface area contributed by atoms with E-state index in [9.17, 15) is 4.79 Å². The van der Waals surface area contributed by atoms with Crippen LogP contribution in [0.4, 0.5) is 11.4 Å². The standard InChI is InChI=1S/C14H15N5OS/c1-7-4-10-11(8(2)17-7)12(15)13(21-10)14(20)18-9-5-16-19(3)6-9/h4-6H,15H2,1-3H3,(H,18,20). The van der Waals surface area contributed by atoms with E-state index in [1.165, 1.54) is 11.3 Å². The lowest BCUT2D eigenvalue weighted by atomic mass is 10.2. The SMILES string of the molecule is Cc1cc2sc(C(=O)Nc3cnn(C)c3)c(N)c2c(C)n1. The number of nitrogens with zero attached hydrogens (tertiary/aromatic N) is 3. The van der Waals surface area contributed by atoms with Crippen LogP contribution in [0.15, 0.2) is 18.5 Å². The van der Waals surface area contributed by atoms with Crippen molar-refractivity contribution >= 4 is 38.7 Å². The van der Waals surface area contributed by atoms with Gasteiger partial charge in [-0.1, -0.05) is 0 Å². The Morgan fingerprint density at radius 3 is 2.86 bits per heavy atom. The fraction of sp³-hybridized carbons (Fsp3) is 0.214. The van der Waals surface area contributed by atoms with E-state index in [0.717, 1.165) is 21.5 Å². The Hall–Kier alpha value is -2.41. The average molecular weight is 301 g/mol. The molecular formula is C14H15N5OS. The van der Waals surface area contributed by atoms with Crippen LogP contribution in [0.2, 0.25) is 0 Å². The summed E-state index contributed by atoms with van der Waals surface area (Å²) in [5.74, 6) is -0.223. The van der Waals surface area contributed by atoms with Crippen molar-refractivity contribution in [3.8, 4) is 0 Å². The third-order valence-corrected chi connectivity index (χ3v) is 4.34. The van der Waals surface area contributed by atoms with Crippen LogP contribution in [0.5, 0.6) is 0 Å². The maximum Gasteiger partial charge on any atom is 0.267 e. The van der Waals surface area contributed by atoms with Gasteiger partial charge in [-0.15, -0.1) is 11.3 Å². The number of pyridine rings is 1. The van der Waals surface area contributed by atoms with Crippen molar-refractivity contribution in [1.82, 2.24) is 14.8 Å². The summed E-state index contributed by atoms with van der Waals surface area (Å²) in [4.78, 5) is 17.3. The van der Waals surface area contributed by atoms with E-state index in [4.69, 9.17) is 5.73 Å². The number of aromatic nitrogens is 3. The van der Waals surface area contributed by atoms with Crippen LogP contribution in [-0.2, 0) is 7.05 Å². The minimum Gasteiger partial charge on any atom is -0.397 e. The average Bonchev–Trinajstić information content (AvgIpc) is 2.93. The largest absolute Gasteiger partial charge is 0.397 e. The molecule has 0 saturated carbocycles. The predicted molar refractivity (Wildman–Crippen MR) is 84.7 cm³/mol. The second kappa shape index (κ2) is 4.85. The third-order valence-electron chi connectivity index (χ3n) is 3.19. The Bertz CT molecular complexity index is 849. The van der Waals surface area contributed by atoms with Crippen LogP contribution in [-0.4, -0.2) is 20.7 Å². The molecule has 0 aliphatic heterocycles. The first-order chi connectivity index (χ1) is 9.95. The number of amides is 1. The normalized spacial score (nSPS) is 11.0. The Morgan fingerprint density at radius 2 is 2.19 bits per heavy atom. The van der Waals surface area contributed by atoms with Crippen LogP contribution in [0, 0.1) is 13.8 Å². The zero-order chi connectivity index (χ0) is 15.1. The molecule has 3 heterocycles. The summed E-state index contributed by atoms with van der Waals surface area (Å²) in [5, 5.41) is 7.68. The van der Waals surface area contributed by atoms with E-state index in [-0.39, 0.29) is 5.91 Å². The van der Waals surface area contributed by atoms with Crippen LogP contribution in [0.1, 0.15) is 21.1 Å². The van der Waals surface area contributed by atoms with Gasteiger partial charge in [0, 0.05) is 34.7 Å². The zero-order valence-electron chi connectivity index (χ0n) is 12.0. The zero-order valence-corrected chi connectivity index (χ0v) is 12.8. The lowest BCUT2D eigenvalue weighted by Gasteiger charge is -2.01. The summed E-state index contributed by atoms with van der Waals surface area (Å²) >= 11 is 1.38. The number of rotatable bonds is 2. The Balaban J connectivity index is 2.02. The van der Waals surface area contributed by atoms with E-state index in [2.05, 4.69) is 15.4 Å². The van der Waals surface area contributed by atoms with Gasteiger partial charge >= 0.3 is 0 Å². The summed E-state index contributed by atoms with van der Waals surface area (Å²) in [6.07, 6.45) is 3.33. The van der Waals surface area contributed by atoms with Gasteiger partial charge in [-0.05, 0) is 19.9 Å². The maximum atomic E-state index is 12.4. The van der Waals surface area contributed by atoms with Crippen molar-refractivity contribution in [2.75, 3.05) is 11.1 Å². The molecular weight excluding hydrogens is 286 g/mol. The molecule has 0 atom stereocenters. The van der Waals surface area contributed by atoms with Gasteiger partial charge in [0.25, 0.3) is 5.91 Å². The molecule has 3 aromatic heterocycles. The van der Waals surface area contributed by atoms with Gasteiger partial charge < -0.3 is 11.1 Å². The third kappa shape index (κ3) is 2.36. The van der Waals surface area contributed by atoms with Crippen LogP contribution in [0.3, 0.4) is 0 Å². The van der Waals surface area contributed by atoms with Gasteiger partial charge in [-0.3, -0.25) is 14.5 Å². The maximum absolute atomic E-state index is 12.4. The lowest BCUT2D eigenvalue weighted by Crippen LogP contribution is -2.11. The van der Waals surface area contributed by atoms with Gasteiger partial charge in [0.05, 0.1) is 17.6 Å². The van der Waals surface area contributed by atoms with E-state index >= 15 is 0 Å². The molecule has 0 bridgehead atoms. The van der Waals surface area contributed by atoms with Crippen molar-refractivity contribution in [2.45, 2.75) is 13.8 Å². The molecule has 0 aromatic carbocycles. The van der Waals surface area contributed by atoms with E-state index in [1.54, 1.807) is 24.1 Å². The number of aryl methyl sites for hydroxylation is 3.